The average Bonchev–Trinajstić information content (AvgIpc) is 2.05. The fourth-order valence-corrected chi connectivity index (χ4v) is 1.15. The predicted octanol–water partition coefficient (Wildman–Crippen LogP) is 2.34. The van der Waals surface area contributed by atoms with E-state index in [1.54, 1.807) is 0 Å². The zero-order chi connectivity index (χ0) is 8.27. The van der Waals surface area contributed by atoms with E-state index in [1.165, 1.54) is 0 Å². The molecule has 0 unspecified atom stereocenters. The van der Waals surface area contributed by atoms with Gasteiger partial charge in [0.05, 0.1) is 0 Å². The van der Waals surface area contributed by atoms with Gasteiger partial charge >= 0.3 is 0 Å². The highest BCUT2D eigenvalue weighted by Gasteiger charge is 1.95. The van der Waals surface area contributed by atoms with Crippen LogP contribution < -0.4 is 5.32 Å². The number of nitrogens with one attached hydrogen (secondary N) is 1. The summed E-state index contributed by atoms with van der Waals surface area (Å²) in [6, 6.07) is 7.89. The van der Waals surface area contributed by atoms with Crippen LogP contribution in [0.25, 0.3) is 0 Å². The van der Waals surface area contributed by atoms with E-state index in [1.807, 2.05) is 31.3 Å². The standard InChI is InChI=1S/C8H8BrNS/c1-10-8(11)6-2-4-7(9)5-3-6/h2-5H,1H3,(H,10,11). The van der Waals surface area contributed by atoms with Crippen molar-refractivity contribution in [1.29, 1.82) is 0 Å². The third-order valence-corrected chi connectivity index (χ3v) is 2.30. The summed E-state index contributed by atoms with van der Waals surface area (Å²) in [5.41, 5.74) is 1.05. The summed E-state index contributed by atoms with van der Waals surface area (Å²) < 4.78 is 1.07. The van der Waals surface area contributed by atoms with Crippen molar-refractivity contribution in [3.05, 3.63) is 34.3 Å². The van der Waals surface area contributed by atoms with Gasteiger partial charge in [0.2, 0.25) is 0 Å². The third-order valence-electron chi connectivity index (χ3n) is 1.33. The molecule has 0 amide bonds. The molecule has 0 aliphatic carbocycles. The first-order valence-corrected chi connectivity index (χ1v) is 4.42. The highest BCUT2D eigenvalue weighted by molar-refractivity contribution is 9.10. The van der Waals surface area contributed by atoms with Crippen LogP contribution in [0.2, 0.25) is 0 Å². The molecule has 0 atom stereocenters. The van der Waals surface area contributed by atoms with Gasteiger partial charge in [-0.25, -0.2) is 0 Å². The van der Waals surface area contributed by atoms with Crippen molar-refractivity contribution in [2.45, 2.75) is 0 Å². The van der Waals surface area contributed by atoms with Crippen molar-refractivity contribution in [3.8, 4) is 0 Å². The minimum Gasteiger partial charge on any atom is -0.379 e. The lowest BCUT2D eigenvalue weighted by Gasteiger charge is -2.01. The van der Waals surface area contributed by atoms with E-state index in [0.29, 0.717) is 0 Å². The van der Waals surface area contributed by atoms with E-state index >= 15 is 0 Å². The summed E-state index contributed by atoms with van der Waals surface area (Å²) in [5.74, 6) is 0. The van der Waals surface area contributed by atoms with Crippen LogP contribution in [-0.2, 0) is 0 Å². The molecule has 0 heterocycles. The molecule has 0 saturated carbocycles. The molecule has 58 valence electrons. The van der Waals surface area contributed by atoms with E-state index in [0.717, 1.165) is 15.0 Å². The molecular weight excluding hydrogens is 222 g/mol. The van der Waals surface area contributed by atoms with Gasteiger partial charge < -0.3 is 5.32 Å². The Balaban J connectivity index is 2.90. The van der Waals surface area contributed by atoms with Gasteiger partial charge in [0, 0.05) is 17.1 Å². The number of hydrogen-bond donors (Lipinski definition) is 1. The molecule has 0 aromatic heterocycles. The minimum absolute atomic E-state index is 0.775. The van der Waals surface area contributed by atoms with Crippen LogP contribution in [0.5, 0.6) is 0 Å². The molecule has 0 aliphatic rings. The van der Waals surface area contributed by atoms with Crippen molar-refractivity contribution in [2.24, 2.45) is 0 Å². The third kappa shape index (κ3) is 2.27. The Morgan fingerprint density at radius 1 is 1.36 bits per heavy atom. The quantitative estimate of drug-likeness (QED) is 0.743. The second kappa shape index (κ2) is 3.83. The Labute approximate surface area is 79.9 Å². The van der Waals surface area contributed by atoms with Crippen molar-refractivity contribution in [2.75, 3.05) is 7.05 Å². The largest absolute Gasteiger partial charge is 0.379 e. The molecule has 11 heavy (non-hydrogen) atoms. The summed E-state index contributed by atoms with van der Waals surface area (Å²) in [7, 11) is 1.82. The molecule has 1 nitrogen and oxygen atoms in total. The molecule has 1 aromatic rings. The van der Waals surface area contributed by atoms with Gasteiger partial charge in [-0.1, -0.05) is 40.3 Å². The zero-order valence-electron chi connectivity index (χ0n) is 6.10. The van der Waals surface area contributed by atoms with Gasteiger partial charge in [-0.3, -0.25) is 0 Å². The maximum Gasteiger partial charge on any atom is 0.106 e. The smallest absolute Gasteiger partial charge is 0.106 e. The average molecular weight is 230 g/mol. The van der Waals surface area contributed by atoms with E-state index in [2.05, 4.69) is 21.2 Å². The van der Waals surface area contributed by atoms with Crippen LogP contribution in [0.1, 0.15) is 5.56 Å². The lowest BCUT2D eigenvalue weighted by atomic mass is 10.2. The van der Waals surface area contributed by atoms with Crippen LogP contribution in [0, 0.1) is 0 Å². The molecule has 1 N–H and O–H groups in total. The van der Waals surface area contributed by atoms with E-state index in [9.17, 15) is 0 Å². The Hall–Kier alpha value is -0.410. The summed E-state index contributed by atoms with van der Waals surface area (Å²) >= 11 is 8.39. The van der Waals surface area contributed by atoms with Crippen molar-refractivity contribution < 1.29 is 0 Å². The molecule has 0 radical (unpaired) electrons. The maximum atomic E-state index is 5.04. The first-order valence-electron chi connectivity index (χ1n) is 3.21. The van der Waals surface area contributed by atoms with Crippen LogP contribution in [0.3, 0.4) is 0 Å². The van der Waals surface area contributed by atoms with Gasteiger partial charge in [0.1, 0.15) is 4.99 Å². The lowest BCUT2D eigenvalue weighted by Crippen LogP contribution is -2.15. The van der Waals surface area contributed by atoms with Crippen molar-refractivity contribution >= 4 is 33.1 Å². The Kier molecular flexibility index (Phi) is 3.02. The molecule has 0 fully saturated rings. The van der Waals surface area contributed by atoms with Gasteiger partial charge in [0.25, 0.3) is 0 Å². The number of thiocarbonyl (C=S) groups is 1. The van der Waals surface area contributed by atoms with Gasteiger partial charge in [-0.2, -0.15) is 0 Å². The minimum atomic E-state index is 0.775. The SMILES string of the molecule is CNC(=S)c1ccc(Br)cc1. The summed E-state index contributed by atoms with van der Waals surface area (Å²) in [5, 5.41) is 2.92. The summed E-state index contributed by atoms with van der Waals surface area (Å²) in [6.45, 7) is 0. The van der Waals surface area contributed by atoms with E-state index in [-0.39, 0.29) is 0 Å². The van der Waals surface area contributed by atoms with Crippen LogP contribution in [-0.4, -0.2) is 12.0 Å². The maximum absolute atomic E-state index is 5.04. The predicted molar refractivity (Wildman–Crippen MR) is 54.9 cm³/mol. The van der Waals surface area contributed by atoms with Crippen LogP contribution in [0.15, 0.2) is 28.7 Å². The Morgan fingerprint density at radius 3 is 2.36 bits per heavy atom. The molecule has 0 saturated heterocycles. The van der Waals surface area contributed by atoms with E-state index < -0.39 is 0 Å². The Morgan fingerprint density at radius 2 is 1.91 bits per heavy atom. The molecule has 1 aromatic carbocycles. The van der Waals surface area contributed by atoms with E-state index in [4.69, 9.17) is 12.2 Å². The topological polar surface area (TPSA) is 12.0 Å². The first kappa shape index (κ1) is 8.68. The van der Waals surface area contributed by atoms with Crippen LogP contribution in [0.4, 0.5) is 0 Å². The number of hydrogen-bond acceptors (Lipinski definition) is 1. The summed E-state index contributed by atoms with van der Waals surface area (Å²) in [4.78, 5) is 0.775. The normalized spacial score (nSPS) is 9.27. The van der Waals surface area contributed by atoms with Crippen molar-refractivity contribution in [1.82, 2.24) is 5.32 Å². The first-order chi connectivity index (χ1) is 5.24. The fraction of sp³-hybridized carbons (Fsp3) is 0.125. The number of benzene rings is 1. The van der Waals surface area contributed by atoms with Gasteiger partial charge in [-0.15, -0.1) is 0 Å². The second-order valence-electron chi connectivity index (χ2n) is 2.09. The Bertz CT molecular complexity index is 255. The van der Waals surface area contributed by atoms with Gasteiger partial charge in [0.15, 0.2) is 0 Å². The van der Waals surface area contributed by atoms with Crippen molar-refractivity contribution in [3.63, 3.8) is 0 Å². The molecule has 0 bridgehead atoms. The molecule has 3 heteroatoms. The number of rotatable bonds is 1. The lowest BCUT2D eigenvalue weighted by molar-refractivity contribution is 1.20. The molecule has 1 rings (SSSR count). The summed E-state index contributed by atoms with van der Waals surface area (Å²) in [6.07, 6.45) is 0. The molecule has 0 aliphatic heterocycles. The number of halogens is 1. The second-order valence-corrected chi connectivity index (χ2v) is 3.41. The van der Waals surface area contributed by atoms with Gasteiger partial charge in [-0.05, 0) is 12.1 Å². The molecular formula is C8H8BrNS. The highest BCUT2D eigenvalue weighted by atomic mass is 79.9. The molecule has 0 spiro atoms. The highest BCUT2D eigenvalue weighted by Crippen LogP contribution is 2.10. The fourth-order valence-electron chi connectivity index (χ4n) is 0.746. The van der Waals surface area contributed by atoms with Crippen LogP contribution >= 0.6 is 28.1 Å². The monoisotopic (exact) mass is 229 g/mol. The zero-order valence-corrected chi connectivity index (χ0v) is 8.50.